The molecule has 144 valence electrons. The third-order valence-electron chi connectivity index (χ3n) is 3.86. The summed E-state index contributed by atoms with van der Waals surface area (Å²) in [6, 6.07) is 12.4. The van der Waals surface area contributed by atoms with Gasteiger partial charge in [0.25, 0.3) is 11.8 Å². The van der Waals surface area contributed by atoms with Gasteiger partial charge in [-0.3, -0.25) is 14.6 Å². The van der Waals surface area contributed by atoms with Crippen LogP contribution in [0, 0.1) is 6.92 Å². The molecule has 1 aromatic carbocycles. The molecule has 0 aliphatic rings. The first-order valence-corrected chi connectivity index (χ1v) is 9.39. The summed E-state index contributed by atoms with van der Waals surface area (Å²) in [5, 5.41) is 3.56. The molecule has 0 saturated carbocycles. The smallest absolute Gasteiger partial charge is 0.267 e. The first kappa shape index (κ1) is 19.5. The van der Waals surface area contributed by atoms with Crippen molar-refractivity contribution in [2.45, 2.75) is 6.92 Å². The number of aromatic nitrogens is 2. The summed E-state index contributed by atoms with van der Waals surface area (Å²) in [5.41, 5.74) is 2.03. The molecule has 2 aromatic heterocycles. The summed E-state index contributed by atoms with van der Waals surface area (Å²) in [6.07, 6.45) is 1.70. The van der Waals surface area contributed by atoms with Gasteiger partial charge in [-0.2, -0.15) is 0 Å². The van der Waals surface area contributed by atoms with Crippen LogP contribution in [0.5, 0.6) is 5.75 Å². The third kappa shape index (κ3) is 4.72. The van der Waals surface area contributed by atoms with E-state index in [-0.39, 0.29) is 18.4 Å². The Hall–Kier alpha value is -3.26. The van der Waals surface area contributed by atoms with Gasteiger partial charge in [0, 0.05) is 26.0 Å². The Morgan fingerprint density at radius 3 is 2.54 bits per heavy atom. The van der Waals surface area contributed by atoms with Gasteiger partial charge in [-0.15, -0.1) is 11.3 Å². The second kappa shape index (κ2) is 8.62. The lowest BCUT2D eigenvalue weighted by Crippen LogP contribution is -2.27. The Labute approximate surface area is 167 Å². The molecule has 7 nitrogen and oxygen atoms in total. The van der Waals surface area contributed by atoms with Crippen molar-refractivity contribution < 1.29 is 14.3 Å². The Kier molecular flexibility index (Phi) is 6.00. The number of ether oxygens (including phenoxy) is 1. The van der Waals surface area contributed by atoms with Gasteiger partial charge in [0.2, 0.25) is 0 Å². The van der Waals surface area contributed by atoms with Gasteiger partial charge in [0.05, 0.1) is 11.4 Å². The lowest BCUT2D eigenvalue weighted by atomic mass is 10.3. The van der Waals surface area contributed by atoms with Crippen molar-refractivity contribution in [1.29, 1.82) is 0 Å². The molecule has 28 heavy (non-hydrogen) atoms. The lowest BCUT2D eigenvalue weighted by molar-refractivity contribution is -0.130. The topological polar surface area (TPSA) is 84.4 Å². The van der Waals surface area contributed by atoms with Gasteiger partial charge in [0.15, 0.2) is 6.61 Å². The zero-order chi connectivity index (χ0) is 20.1. The second-order valence-corrected chi connectivity index (χ2v) is 7.20. The molecule has 0 radical (unpaired) electrons. The summed E-state index contributed by atoms with van der Waals surface area (Å²) in [5.74, 6) is 0.204. The molecule has 2 heterocycles. The highest BCUT2D eigenvalue weighted by Crippen LogP contribution is 2.27. The molecule has 0 atom stereocenters. The first-order chi connectivity index (χ1) is 13.4. The van der Waals surface area contributed by atoms with Gasteiger partial charge < -0.3 is 15.0 Å². The van der Waals surface area contributed by atoms with E-state index in [4.69, 9.17) is 4.74 Å². The standard InChI is InChI=1S/C20H20N4O3S/c1-13-18(28-20(22-13)16-6-4-5-11-21-16)19(26)23-14-7-9-15(10-8-14)27-12-17(25)24(2)3/h4-11H,12H2,1-3H3,(H,23,26). The molecule has 0 aliphatic heterocycles. The van der Waals surface area contributed by atoms with Crippen molar-refractivity contribution >= 4 is 28.8 Å². The number of aryl methyl sites for hydroxylation is 1. The number of hydrogen-bond donors (Lipinski definition) is 1. The fourth-order valence-electron chi connectivity index (χ4n) is 2.30. The maximum absolute atomic E-state index is 12.6. The number of rotatable bonds is 6. The number of pyridine rings is 1. The number of carbonyl (C=O) groups excluding carboxylic acids is 2. The fourth-order valence-corrected chi connectivity index (χ4v) is 3.24. The lowest BCUT2D eigenvalue weighted by Gasteiger charge is -2.11. The van der Waals surface area contributed by atoms with E-state index in [1.807, 2.05) is 18.2 Å². The SMILES string of the molecule is Cc1nc(-c2ccccn2)sc1C(=O)Nc1ccc(OCC(=O)N(C)C)cc1. The first-order valence-electron chi connectivity index (χ1n) is 8.57. The van der Waals surface area contributed by atoms with E-state index in [0.29, 0.717) is 27.0 Å². The Morgan fingerprint density at radius 2 is 1.89 bits per heavy atom. The molecule has 0 fully saturated rings. The second-order valence-electron chi connectivity index (χ2n) is 6.20. The minimum Gasteiger partial charge on any atom is -0.484 e. The van der Waals surface area contributed by atoms with Crippen molar-refractivity contribution in [2.24, 2.45) is 0 Å². The number of likely N-dealkylation sites (N-methyl/N-ethyl adjacent to an activating group) is 1. The van der Waals surface area contributed by atoms with Crippen molar-refractivity contribution in [3.8, 4) is 16.5 Å². The number of amides is 2. The van der Waals surface area contributed by atoms with Crippen molar-refractivity contribution in [3.63, 3.8) is 0 Å². The highest BCUT2D eigenvalue weighted by atomic mass is 32.1. The molecular weight excluding hydrogens is 376 g/mol. The number of carbonyl (C=O) groups is 2. The van der Waals surface area contributed by atoms with Gasteiger partial charge in [0.1, 0.15) is 15.6 Å². The van der Waals surface area contributed by atoms with Crippen LogP contribution in [0.3, 0.4) is 0 Å². The van der Waals surface area contributed by atoms with E-state index < -0.39 is 0 Å². The minimum atomic E-state index is -0.228. The zero-order valence-electron chi connectivity index (χ0n) is 15.8. The van der Waals surface area contributed by atoms with Gasteiger partial charge >= 0.3 is 0 Å². The molecule has 0 spiro atoms. The summed E-state index contributed by atoms with van der Waals surface area (Å²) in [6.45, 7) is 1.77. The predicted octanol–water partition coefficient (Wildman–Crippen LogP) is 3.23. The summed E-state index contributed by atoms with van der Waals surface area (Å²) < 4.78 is 5.43. The molecule has 3 aromatic rings. The van der Waals surface area contributed by atoms with Gasteiger partial charge in [-0.25, -0.2) is 4.98 Å². The van der Waals surface area contributed by atoms with Crippen LogP contribution in [0.25, 0.3) is 10.7 Å². The van der Waals surface area contributed by atoms with Crippen LogP contribution in [0.15, 0.2) is 48.7 Å². The van der Waals surface area contributed by atoms with Crippen LogP contribution in [0.1, 0.15) is 15.4 Å². The average Bonchev–Trinajstić information content (AvgIpc) is 3.09. The molecule has 8 heteroatoms. The molecule has 0 unspecified atom stereocenters. The summed E-state index contributed by atoms with van der Waals surface area (Å²) >= 11 is 1.30. The van der Waals surface area contributed by atoms with Gasteiger partial charge in [-0.1, -0.05) is 6.07 Å². The molecule has 2 amide bonds. The Bertz CT molecular complexity index is 969. The highest BCUT2D eigenvalue weighted by Gasteiger charge is 2.17. The monoisotopic (exact) mass is 396 g/mol. The Morgan fingerprint density at radius 1 is 1.14 bits per heavy atom. The van der Waals surface area contributed by atoms with E-state index in [2.05, 4.69) is 15.3 Å². The predicted molar refractivity (Wildman–Crippen MR) is 109 cm³/mol. The number of nitrogens with zero attached hydrogens (tertiary/aromatic N) is 3. The van der Waals surface area contributed by atoms with Crippen molar-refractivity contribution in [3.05, 3.63) is 59.2 Å². The van der Waals surface area contributed by atoms with E-state index in [1.54, 1.807) is 51.5 Å². The number of thiazole rings is 1. The quantitative estimate of drug-likeness (QED) is 0.691. The van der Waals surface area contributed by atoms with E-state index >= 15 is 0 Å². The molecular formula is C20H20N4O3S. The zero-order valence-corrected chi connectivity index (χ0v) is 16.6. The Balaban J connectivity index is 1.65. The number of anilines is 1. The molecule has 0 saturated heterocycles. The van der Waals surface area contributed by atoms with Gasteiger partial charge in [-0.05, 0) is 43.3 Å². The number of benzene rings is 1. The molecule has 0 bridgehead atoms. The fraction of sp³-hybridized carbons (Fsp3) is 0.200. The molecule has 3 rings (SSSR count). The summed E-state index contributed by atoms with van der Waals surface area (Å²) in [7, 11) is 3.34. The number of nitrogens with one attached hydrogen (secondary N) is 1. The van der Waals surface area contributed by atoms with E-state index in [0.717, 1.165) is 5.69 Å². The van der Waals surface area contributed by atoms with Crippen molar-refractivity contribution in [1.82, 2.24) is 14.9 Å². The van der Waals surface area contributed by atoms with Crippen molar-refractivity contribution in [2.75, 3.05) is 26.0 Å². The highest BCUT2D eigenvalue weighted by molar-refractivity contribution is 7.17. The van der Waals surface area contributed by atoms with Crippen LogP contribution >= 0.6 is 11.3 Å². The van der Waals surface area contributed by atoms with Crippen LogP contribution in [0.2, 0.25) is 0 Å². The normalized spacial score (nSPS) is 10.4. The number of hydrogen-bond acceptors (Lipinski definition) is 6. The minimum absolute atomic E-state index is 0.0327. The van der Waals surface area contributed by atoms with Crippen LogP contribution in [-0.2, 0) is 4.79 Å². The largest absolute Gasteiger partial charge is 0.484 e. The van der Waals surface area contributed by atoms with Crippen LogP contribution < -0.4 is 10.1 Å². The maximum Gasteiger partial charge on any atom is 0.267 e. The summed E-state index contributed by atoms with van der Waals surface area (Å²) in [4.78, 5) is 34.9. The van der Waals surface area contributed by atoms with Crippen LogP contribution in [-0.4, -0.2) is 47.4 Å². The average molecular weight is 396 g/mol. The third-order valence-corrected chi connectivity index (χ3v) is 5.04. The van der Waals surface area contributed by atoms with E-state index in [1.165, 1.54) is 16.2 Å². The van der Waals surface area contributed by atoms with E-state index in [9.17, 15) is 9.59 Å². The molecule has 0 aliphatic carbocycles. The maximum atomic E-state index is 12.6. The molecule has 1 N–H and O–H groups in total. The van der Waals surface area contributed by atoms with Crippen LogP contribution in [0.4, 0.5) is 5.69 Å².